The Kier molecular flexibility index (Phi) is 6.46. The molecule has 0 atom stereocenters. The van der Waals surface area contributed by atoms with Gasteiger partial charge in [-0.2, -0.15) is 0 Å². The number of hydrogen-bond acceptors (Lipinski definition) is 2. The first-order valence-corrected chi connectivity index (χ1v) is 12.4. The van der Waals surface area contributed by atoms with Gasteiger partial charge in [-0.05, 0) is 81.2 Å². The fourth-order valence-corrected chi connectivity index (χ4v) is 5.31. The zero-order chi connectivity index (χ0) is 24.3. The Balaban J connectivity index is 0.000000313. The summed E-state index contributed by atoms with van der Waals surface area (Å²) >= 11 is 0. The van der Waals surface area contributed by atoms with E-state index in [-0.39, 0.29) is 5.41 Å². The lowest BCUT2D eigenvalue weighted by Gasteiger charge is -2.30. The summed E-state index contributed by atoms with van der Waals surface area (Å²) in [6.45, 7) is 4.75. The lowest BCUT2D eigenvalue weighted by molar-refractivity contribution is 0.416. The number of ether oxygens (including phenoxy) is 1. The summed E-state index contributed by atoms with van der Waals surface area (Å²) in [6, 6.07) is 19.8. The molecule has 35 heavy (non-hydrogen) atoms. The molecule has 3 aromatic rings. The predicted octanol–water partition coefficient (Wildman–Crippen LogP) is 6.39. The van der Waals surface area contributed by atoms with E-state index in [1.54, 1.807) is 7.11 Å². The van der Waals surface area contributed by atoms with Crippen molar-refractivity contribution in [2.75, 3.05) is 7.11 Å². The topological polar surface area (TPSA) is 21.3 Å². The summed E-state index contributed by atoms with van der Waals surface area (Å²) in [5.74, 6) is 0.925. The van der Waals surface area contributed by atoms with Gasteiger partial charge in [0.15, 0.2) is 0 Å². The van der Waals surface area contributed by atoms with Crippen LogP contribution in [-0.4, -0.2) is 7.11 Å². The van der Waals surface area contributed by atoms with E-state index >= 15 is 0 Å². The highest BCUT2D eigenvalue weighted by atomic mass is 16.5. The molecular weight excluding hydrogens is 426 g/mol. The highest BCUT2D eigenvalue weighted by Gasteiger charge is 2.25. The minimum atomic E-state index is 0.265. The second-order valence-corrected chi connectivity index (χ2v) is 9.86. The predicted molar refractivity (Wildman–Crippen MR) is 149 cm³/mol. The van der Waals surface area contributed by atoms with E-state index in [1.165, 1.54) is 51.1 Å². The van der Waals surface area contributed by atoms with Crippen molar-refractivity contribution in [3.8, 4) is 28.0 Å². The number of rotatable bonds is 2. The number of allylic oxidation sites excluding steroid dienone is 4. The third kappa shape index (κ3) is 4.61. The summed E-state index contributed by atoms with van der Waals surface area (Å²) in [6.07, 6.45) is 19.8. The van der Waals surface area contributed by atoms with Crippen molar-refractivity contribution in [3.63, 3.8) is 0 Å². The number of fused-ring (bicyclic) bond motifs is 5. The maximum absolute atomic E-state index is 5.57. The van der Waals surface area contributed by atoms with Gasteiger partial charge in [0.1, 0.15) is 5.75 Å². The van der Waals surface area contributed by atoms with Crippen molar-refractivity contribution in [2.45, 2.75) is 38.5 Å². The molecule has 1 heterocycles. The molecule has 0 spiro atoms. The second kappa shape index (κ2) is 9.84. The molecule has 0 saturated heterocycles. The van der Waals surface area contributed by atoms with Crippen LogP contribution in [0.1, 0.15) is 37.8 Å². The van der Waals surface area contributed by atoms with Crippen molar-refractivity contribution in [3.05, 3.63) is 113 Å². The van der Waals surface area contributed by atoms with E-state index in [1.807, 2.05) is 48.8 Å². The van der Waals surface area contributed by atoms with Gasteiger partial charge in [0, 0.05) is 18.0 Å². The molecule has 2 heteroatoms. The smallest absolute Gasteiger partial charge is 0.126 e. The molecule has 1 aliphatic heterocycles. The lowest BCUT2D eigenvalue weighted by atomic mass is 9.74. The van der Waals surface area contributed by atoms with Crippen LogP contribution in [0, 0.1) is 0 Å². The summed E-state index contributed by atoms with van der Waals surface area (Å²) in [4.78, 5) is 0. The monoisotopic (exact) mass is 459 g/mol. The van der Waals surface area contributed by atoms with Crippen LogP contribution >= 0.6 is 0 Å². The maximum Gasteiger partial charge on any atom is 0.126 e. The van der Waals surface area contributed by atoms with Gasteiger partial charge in [-0.3, -0.25) is 0 Å². The largest absolute Gasteiger partial charge is 0.496 e. The minimum Gasteiger partial charge on any atom is -0.496 e. The van der Waals surface area contributed by atoms with Crippen LogP contribution in [0.25, 0.3) is 34.4 Å². The third-order valence-corrected chi connectivity index (χ3v) is 7.19. The number of methoxy groups -OCH3 is 1. The minimum absolute atomic E-state index is 0.265. The second-order valence-electron chi connectivity index (χ2n) is 9.86. The Morgan fingerprint density at radius 3 is 2.34 bits per heavy atom. The van der Waals surface area contributed by atoms with E-state index in [9.17, 15) is 0 Å². The van der Waals surface area contributed by atoms with Crippen LogP contribution in [0.15, 0.2) is 91.3 Å². The molecule has 2 aliphatic carbocycles. The molecule has 3 aromatic carbocycles. The molecule has 176 valence electrons. The van der Waals surface area contributed by atoms with E-state index in [2.05, 4.69) is 73.8 Å². The molecule has 0 fully saturated rings. The van der Waals surface area contributed by atoms with E-state index in [0.29, 0.717) is 0 Å². The van der Waals surface area contributed by atoms with Crippen molar-refractivity contribution >= 4 is 12.2 Å². The number of para-hydroxylation sites is 1. The lowest BCUT2D eigenvalue weighted by Crippen LogP contribution is -2.40. The van der Waals surface area contributed by atoms with Gasteiger partial charge in [-0.25, -0.2) is 0 Å². The van der Waals surface area contributed by atoms with Gasteiger partial charge in [-0.1, -0.05) is 86.7 Å². The summed E-state index contributed by atoms with van der Waals surface area (Å²) < 4.78 is 5.57. The number of hydrogen-bond donors (Lipinski definition) is 1. The van der Waals surface area contributed by atoms with Gasteiger partial charge in [0.25, 0.3) is 0 Å². The molecule has 0 bridgehead atoms. The SMILES string of the molecule is C1=CC=CNC=C1.COc1ccccc1-c1ccc2c(c1)CC=c1c-2ccc2c1=CCCC2(C)C. The molecule has 1 N–H and O–H groups in total. The third-order valence-electron chi connectivity index (χ3n) is 7.19. The normalized spacial score (nSPS) is 16.1. The Hall–Kier alpha value is -3.78. The fourth-order valence-electron chi connectivity index (χ4n) is 5.31. The molecule has 3 aliphatic rings. The molecule has 0 radical (unpaired) electrons. The standard InChI is InChI=1S/C27H26O.C6H7N/c1-27(2)16-6-8-24-23-13-11-18-17-19(21-7-4-5-9-26(21)28-3)10-12-20(18)22(23)14-15-25(24)27;1-2-4-6-7-5-3-1/h4-5,7-10,12-15,17H,6,11,16H2,1-3H3;1-7H. The number of nitrogens with one attached hydrogen (secondary N) is 1. The quantitative estimate of drug-likeness (QED) is 0.479. The van der Waals surface area contributed by atoms with Crippen molar-refractivity contribution < 1.29 is 4.74 Å². The first-order valence-electron chi connectivity index (χ1n) is 12.4. The molecule has 0 aromatic heterocycles. The van der Waals surface area contributed by atoms with Gasteiger partial charge >= 0.3 is 0 Å². The molecule has 6 rings (SSSR count). The number of benzene rings is 3. The zero-order valence-corrected chi connectivity index (χ0v) is 20.8. The van der Waals surface area contributed by atoms with Crippen molar-refractivity contribution in [2.24, 2.45) is 0 Å². The van der Waals surface area contributed by atoms with E-state index in [0.717, 1.165) is 17.7 Å². The van der Waals surface area contributed by atoms with E-state index < -0.39 is 0 Å². The molecular formula is C33H33NO. The summed E-state index contributed by atoms with van der Waals surface area (Å²) in [7, 11) is 1.74. The average molecular weight is 460 g/mol. The van der Waals surface area contributed by atoms with Crippen LogP contribution < -0.4 is 20.5 Å². The first kappa shape index (κ1) is 23.0. The zero-order valence-electron chi connectivity index (χ0n) is 20.8. The Morgan fingerprint density at radius 2 is 1.54 bits per heavy atom. The average Bonchev–Trinajstić information content (AvgIpc) is 3.21. The van der Waals surface area contributed by atoms with Gasteiger partial charge in [0.05, 0.1) is 7.11 Å². The van der Waals surface area contributed by atoms with Crippen LogP contribution in [-0.2, 0) is 11.8 Å². The fraction of sp³-hybridized carbons (Fsp3) is 0.212. The van der Waals surface area contributed by atoms with Gasteiger partial charge in [-0.15, -0.1) is 0 Å². The summed E-state index contributed by atoms with van der Waals surface area (Å²) in [5.41, 5.74) is 8.28. The van der Waals surface area contributed by atoms with E-state index in [4.69, 9.17) is 4.74 Å². The van der Waals surface area contributed by atoms with Crippen LogP contribution in [0.5, 0.6) is 5.75 Å². The van der Waals surface area contributed by atoms with Crippen LogP contribution in [0.3, 0.4) is 0 Å². The Morgan fingerprint density at radius 1 is 0.771 bits per heavy atom. The van der Waals surface area contributed by atoms with Gasteiger partial charge < -0.3 is 10.1 Å². The Bertz CT molecular complexity index is 1440. The first-order chi connectivity index (χ1) is 17.1. The highest BCUT2D eigenvalue weighted by molar-refractivity contribution is 5.80. The molecule has 0 unspecified atom stereocenters. The maximum atomic E-state index is 5.57. The van der Waals surface area contributed by atoms with Crippen LogP contribution in [0.2, 0.25) is 0 Å². The van der Waals surface area contributed by atoms with Gasteiger partial charge in [0.2, 0.25) is 0 Å². The highest BCUT2D eigenvalue weighted by Crippen LogP contribution is 2.35. The molecule has 0 saturated carbocycles. The van der Waals surface area contributed by atoms with Crippen LogP contribution in [0.4, 0.5) is 0 Å². The molecule has 0 amide bonds. The Labute approximate surface area is 208 Å². The van der Waals surface area contributed by atoms with Crippen molar-refractivity contribution in [1.82, 2.24) is 5.32 Å². The summed E-state index contributed by atoms with van der Waals surface area (Å²) in [5, 5.41) is 5.82. The molecule has 2 nitrogen and oxygen atoms in total. The van der Waals surface area contributed by atoms with Crippen molar-refractivity contribution in [1.29, 1.82) is 0 Å².